The van der Waals surface area contributed by atoms with Gasteiger partial charge in [0.1, 0.15) is 45.5 Å². The first-order valence-electron chi connectivity index (χ1n) is 21.0. The van der Waals surface area contributed by atoms with Gasteiger partial charge in [0.25, 0.3) is 0 Å². The molecule has 4 heterocycles. The van der Waals surface area contributed by atoms with E-state index < -0.39 is 46.5 Å². The number of fused-ring (bicyclic) bond motifs is 1. The van der Waals surface area contributed by atoms with Gasteiger partial charge in [-0.2, -0.15) is 8.78 Å². The van der Waals surface area contributed by atoms with E-state index in [2.05, 4.69) is 15.0 Å². The second-order valence-corrected chi connectivity index (χ2v) is 16.5. The fourth-order valence-corrected chi connectivity index (χ4v) is 8.39. The number of carbonyl (C=O) groups is 3. The largest absolute Gasteiger partial charge is 0.478 e. The number of carboxylic acid groups (broad SMARTS) is 3. The predicted octanol–water partition coefficient (Wildman–Crippen LogP) is 11.8. The predicted molar refractivity (Wildman–Crippen MR) is 258 cm³/mol. The average Bonchev–Trinajstić information content (AvgIpc) is 4.22. The van der Waals surface area contributed by atoms with Crippen LogP contribution in [0.5, 0.6) is 23.0 Å². The van der Waals surface area contributed by atoms with Crippen molar-refractivity contribution >= 4 is 74.5 Å². The molecule has 3 N–H and O–H groups in total. The lowest BCUT2D eigenvalue weighted by Crippen LogP contribution is -2.06. The van der Waals surface area contributed by atoms with Crippen molar-refractivity contribution in [3.8, 4) is 23.0 Å². The summed E-state index contributed by atoms with van der Waals surface area (Å²) < 4.78 is 69.5. The van der Waals surface area contributed by atoms with Crippen LogP contribution >= 0.6 is 0 Å². The SMILES string of the molecule is O=C(O)c1cc(C2=CCN=C2)ccc1S(=O)c1ccccc1.O=C(O)c1cc(C2=CCN=C2F)ccc1Oc1ccc2ccoc2c1.O=C(O)c1cc(C2=CCN=C2F)ccc1Oc1cccc(F)c1. The Hall–Kier alpha value is -8.96. The van der Waals surface area contributed by atoms with Crippen LogP contribution in [0, 0.1) is 5.82 Å². The Kier molecular flexibility index (Phi) is 14.5. The molecule has 70 heavy (non-hydrogen) atoms. The zero-order valence-corrected chi connectivity index (χ0v) is 37.1. The second-order valence-electron chi connectivity index (χ2n) is 15.1. The molecule has 1 aromatic heterocycles. The number of hydrogen-bond acceptors (Lipinski definition) is 10. The number of furan rings is 1. The molecule has 0 aliphatic carbocycles. The number of hydrogen-bond donors (Lipinski definition) is 3. The number of rotatable bonds is 12. The first kappa shape index (κ1) is 47.5. The molecule has 0 amide bonds. The van der Waals surface area contributed by atoms with Crippen molar-refractivity contribution in [1.29, 1.82) is 0 Å². The number of aromatic carboxylic acids is 3. The Morgan fingerprint density at radius 1 is 0.571 bits per heavy atom. The highest BCUT2D eigenvalue weighted by molar-refractivity contribution is 7.85. The molecule has 0 saturated carbocycles. The molecule has 0 fully saturated rings. The molecule has 0 spiro atoms. The van der Waals surface area contributed by atoms with Crippen LogP contribution in [0.15, 0.2) is 187 Å². The van der Waals surface area contributed by atoms with E-state index in [1.807, 2.05) is 24.3 Å². The van der Waals surface area contributed by atoms with Gasteiger partial charge >= 0.3 is 17.9 Å². The highest BCUT2D eigenvalue weighted by Gasteiger charge is 2.22. The normalized spacial score (nSPS) is 13.9. The van der Waals surface area contributed by atoms with Crippen LogP contribution in [0.3, 0.4) is 0 Å². The summed E-state index contributed by atoms with van der Waals surface area (Å²) in [6, 6.07) is 35.0. The van der Waals surface area contributed by atoms with Crippen LogP contribution in [0.25, 0.3) is 27.7 Å². The van der Waals surface area contributed by atoms with Gasteiger partial charge in [-0.15, -0.1) is 0 Å². The number of ether oxygens (including phenoxy) is 2. The van der Waals surface area contributed by atoms with Crippen LogP contribution in [0.2, 0.25) is 0 Å². The first-order chi connectivity index (χ1) is 33.8. The second kappa shape index (κ2) is 21.3. The molecule has 13 nitrogen and oxygen atoms in total. The molecule has 0 radical (unpaired) electrons. The van der Waals surface area contributed by atoms with E-state index in [1.165, 1.54) is 48.5 Å². The molecule has 3 aliphatic heterocycles. The van der Waals surface area contributed by atoms with Crippen LogP contribution < -0.4 is 9.47 Å². The van der Waals surface area contributed by atoms with Gasteiger partial charge in [-0.3, -0.25) is 15.0 Å². The van der Waals surface area contributed by atoms with E-state index >= 15 is 0 Å². The third-order valence-electron chi connectivity index (χ3n) is 10.6. The Morgan fingerprint density at radius 3 is 1.70 bits per heavy atom. The maximum Gasteiger partial charge on any atom is 0.339 e. The van der Waals surface area contributed by atoms with Crippen molar-refractivity contribution in [1.82, 2.24) is 0 Å². The minimum absolute atomic E-state index is 0.0443. The fourth-order valence-electron chi connectivity index (χ4n) is 7.19. The van der Waals surface area contributed by atoms with Gasteiger partial charge in [0.15, 0.2) is 0 Å². The molecule has 350 valence electrons. The molecule has 3 aliphatic rings. The van der Waals surface area contributed by atoms with Gasteiger partial charge in [0, 0.05) is 39.8 Å². The number of benzene rings is 6. The molecular weight excluding hydrogens is 928 g/mol. The minimum Gasteiger partial charge on any atom is -0.478 e. The Morgan fingerprint density at radius 2 is 1.16 bits per heavy atom. The van der Waals surface area contributed by atoms with Gasteiger partial charge < -0.3 is 29.2 Å². The molecule has 7 aromatic rings. The number of nitrogens with zero attached hydrogens (tertiary/aromatic N) is 3. The Balaban J connectivity index is 0.000000142. The van der Waals surface area contributed by atoms with Crippen LogP contribution in [0.1, 0.15) is 47.8 Å². The zero-order valence-electron chi connectivity index (χ0n) is 36.3. The summed E-state index contributed by atoms with van der Waals surface area (Å²) in [5, 5.41) is 29.2. The summed E-state index contributed by atoms with van der Waals surface area (Å²) >= 11 is 0. The summed E-state index contributed by atoms with van der Waals surface area (Å²) in [6.45, 7) is 1.09. The maximum absolute atomic E-state index is 13.7. The van der Waals surface area contributed by atoms with E-state index in [1.54, 1.807) is 85.3 Å². The van der Waals surface area contributed by atoms with Crippen molar-refractivity contribution < 1.29 is 61.0 Å². The third-order valence-corrected chi connectivity index (χ3v) is 12.0. The van der Waals surface area contributed by atoms with Crippen LogP contribution in [-0.4, -0.2) is 75.2 Å². The maximum atomic E-state index is 13.7. The molecule has 17 heteroatoms. The lowest BCUT2D eigenvalue weighted by Gasteiger charge is -2.11. The van der Waals surface area contributed by atoms with Gasteiger partial charge in [-0.05, 0) is 101 Å². The van der Waals surface area contributed by atoms with Crippen LogP contribution in [0.4, 0.5) is 13.2 Å². The molecule has 0 saturated heterocycles. The number of halogens is 3. The van der Waals surface area contributed by atoms with E-state index in [4.69, 9.17) is 13.9 Å². The Bertz CT molecular complexity index is 3420. The smallest absolute Gasteiger partial charge is 0.339 e. The summed E-state index contributed by atoms with van der Waals surface area (Å²) in [5.74, 6) is -4.35. The lowest BCUT2D eigenvalue weighted by molar-refractivity contribution is 0.0682. The van der Waals surface area contributed by atoms with Gasteiger partial charge in [0.2, 0.25) is 11.9 Å². The summed E-state index contributed by atoms with van der Waals surface area (Å²) in [7, 11) is -1.52. The lowest BCUT2D eigenvalue weighted by atomic mass is 10.0. The summed E-state index contributed by atoms with van der Waals surface area (Å²) in [4.78, 5) is 46.8. The van der Waals surface area contributed by atoms with E-state index in [-0.39, 0.29) is 52.6 Å². The number of aliphatic imine (C=N–C) groups is 3. The topological polar surface area (TPSA) is 198 Å². The first-order valence-corrected chi connectivity index (χ1v) is 22.2. The highest BCUT2D eigenvalue weighted by atomic mass is 32.2. The third kappa shape index (κ3) is 11.1. The number of allylic oxidation sites excluding steroid dienone is 3. The Labute approximate surface area is 398 Å². The standard InChI is InChI=1S/C19H12FNO4.C17H11F2NO3.C17H13NO3S/c20-18-14(5-7-21-18)12-2-4-16(15(9-12)19(22)23)25-13-3-1-11-6-8-24-17(11)10-13;18-11-2-1-3-12(9-11)23-15-5-4-10(8-14(15)17(21)22)13-6-7-20-16(13)19;19-17(20)15-10-12(13-8-9-18-11-13)6-7-16(15)22(21)14-4-2-1-3-5-14/h1-6,8-10H,7H2,(H,22,23);1-6,8-9H,7H2,(H,21,22);1-8,10-11H,9H2,(H,19,20). The van der Waals surface area contributed by atoms with Crippen molar-refractivity contribution in [2.45, 2.75) is 9.79 Å². The van der Waals surface area contributed by atoms with Crippen molar-refractivity contribution in [2.24, 2.45) is 15.0 Å². The molecule has 10 rings (SSSR count). The summed E-state index contributed by atoms with van der Waals surface area (Å²) in [6.07, 6.45) is 8.39. The van der Waals surface area contributed by atoms with Crippen molar-refractivity contribution in [3.05, 3.63) is 197 Å². The fraction of sp³-hybridized carbons (Fsp3) is 0.0566. The quantitative estimate of drug-likeness (QED) is 0.106. The highest BCUT2D eigenvalue weighted by Crippen LogP contribution is 2.34. The molecule has 1 atom stereocenters. The zero-order chi connectivity index (χ0) is 49.3. The van der Waals surface area contributed by atoms with Gasteiger partial charge in [0.05, 0.1) is 47.2 Å². The van der Waals surface area contributed by atoms with Gasteiger partial charge in [-0.25, -0.2) is 23.0 Å². The molecule has 6 aromatic carbocycles. The van der Waals surface area contributed by atoms with E-state index in [0.29, 0.717) is 44.4 Å². The average molecular weight is 964 g/mol. The molecular formula is C53H36F3N3O10S. The van der Waals surface area contributed by atoms with Gasteiger partial charge in [-0.1, -0.05) is 60.7 Å². The summed E-state index contributed by atoms with van der Waals surface area (Å²) in [5.41, 5.74) is 3.55. The molecule has 1 unspecified atom stereocenters. The van der Waals surface area contributed by atoms with Crippen molar-refractivity contribution in [3.63, 3.8) is 0 Å². The van der Waals surface area contributed by atoms with E-state index in [0.717, 1.165) is 22.6 Å². The minimum atomic E-state index is -1.52. The van der Waals surface area contributed by atoms with Crippen molar-refractivity contribution in [2.75, 3.05) is 19.6 Å². The number of carboxylic acids is 3. The van der Waals surface area contributed by atoms with E-state index in [9.17, 15) is 47.1 Å². The monoisotopic (exact) mass is 963 g/mol. The van der Waals surface area contributed by atoms with Crippen LogP contribution in [-0.2, 0) is 10.8 Å². The molecule has 0 bridgehead atoms.